The molecule has 0 spiro atoms. The fourth-order valence-electron chi connectivity index (χ4n) is 1.99. The number of aliphatic carboxylic acids is 1. The molecule has 0 saturated carbocycles. The molecule has 96 valence electrons. The quantitative estimate of drug-likeness (QED) is 0.847. The maximum Gasteiger partial charge on any atom is 0.316 e. The van der Waals surface area contributed by atoms with Crippen molar-refractivity contribution in [2.45, 2.75) is 13.3 Å². The van der Waals surface area contributed by atoms with Crippen molar-refractivity contribution in [1.82, 2.24) is 0 Å². The minimum Gasteiger partial charge on any atom is -0.481 e. The number of carboxylic acids is 1. The van der Waals surface area contributed by atoms with Crippen LogP contribution in [0.3, 0.4) is 0 Å². The van der Waals surface area contributed by atoms with Crippen molar-refractivity contribution in [3.05, 3.63) is 27.2 Å². The van der Waals surface area contributed by atoms with Crippen molar-refractivity contribution in [2.24, 2.45) is 5.92 Å². The second-order valence-corrected chi connectivity index (χ2v) is 5.48. The third kappa shape index (κ3) is 2.24. The summed E-state index contributed by atoms with van der Waals surface area (Å²) in [7, 11) is 0. The number of nitrogens with zero attached hydrogens (tertiary/aromatic N) is 1. The van der Waals surface area contributed by atoms with Crippen LogP contribution in [-0.4, -0.2) is 23.5 Å². The van der Waals surface area contributed by atoms with E-state index in [2.05, 4.69) is 15.9 Å². The van der Waals surface area contributed by atoms with Crippen LogP contribution >= 0.6 is 27.5 Å². The number of rotatable bonds is 2. The zero-order chi connectivity index (χ0) is 13.4. The number of carbonyl (C=O) groups is 2. The van der Waals surface area contributed by atoms with E-state index in [0.717, 1.165) is 10.0 Å². The first kappa shape index (κ1) is 13.4. The molecule has 1 heterocycles. The van der Waals surface area contributed by atoms with E-state index >= 15 is 0 Å². The van der Waals surface area contributed by atoms with Gasteiger partial charge in [0.05, 0.1) is 5.69 Å². The standard InChI is InChI=1S/C12H11BrClNO3/c1-6-4-8(13)10(5-9(6)14)15-3-2-7(11(15)16)12(17)18/h4-5,7H,2-3H2,1H3,(H,17,18). The van der Waals surface area contributed by atoms with Gasteiger partial charge in [-0.05, 0) is 47.0 Å². The monoisotopic (exact) mass is 331 g/mol. The molecule has 1 N–H and O–H groups in total. The largest absolute Gasteiger partial charge is 0.481 e. The van der Waals surface area contributed by atoms with Crippen molar-refractivity contribution in [1.29, 1.82) is 0 Å². The predicted molar refractivity (Wildman–Crippen MR) is 72.0 cm³/mol. The molecule has 0 aromatic heterocycles. The Labute approximate surface area is 118 Å². The van der Waals surface area contributed by atoms with Gasteiger partial charge in [0.15, 0.2) is 0 Å². The van der Waals surface area contributed by atoms with E-state index in [1.165, 1.54) is 4.90 Å². The molecular formula is C12H11BrClNO3. The van der Waals surface area contributed by atoms with E-state index in [4.69, 9.17) is 16.7 Å². The molecular weight excluding hydrogens is 321 g/mol. The van der Waals surface area contributed by atoms with Gasteiger partial charge >= 0.3 is 5.97 Å². The SMILES string of the molecule is Cc1cc(Br)c(N2CCC(C(=O)O)C2=O)cc1Cl. The molecule has 1 aromatic rings. The number of anilines is 1. The highest BCUT2D eigenvalue weighted by atomic mass is 79.9. The Morgan fingerprint density at radius 1 is 1.56 bits per heavy atom. The summed E-state index contributed by atoms with van der Waals surface area (Å²) in [5.74, 6) is -2.41. The molecule has 1 fully saturated rings. The molecule has 4 nitrogen and oxygen atoms in total. The van der Waals surface area contributed by atoms with E-state index < -0.39 is 11.9 Å². The number of benzene rings is 1. The first-order valence-corrected chi connectivity index (χ1v) is 6.58. The second kappa shape index (κ2) is 4.90. The Kier molecular flexibility index (Phi) is 3.64. The molecule has 1 saturated heterocycles. The molecule has 18 heavy (non-hydrogen) atoms. The Morgan fingerprint density at radius 2 is 2.22 bits per heavy atom. The Bertz CT molecular complexity index is 532. The number of aryl methyl sites for hydroxylation is 1. The van der Waals surface area contributed by atoms with E-state index in [1.54, 1.807) is 6.07 Å². The molecule has 1 unspecified atom stereocenters. The summed E-state index contributed by atoms with van der Waals surface area (Å²) < 4.78 is 0.740. The summed E-state index contributed by atoms with van der Waals surface area (Å²) in [5.41, 5.74) is 1.52. The Morgan fingerprint density at radius 3 is 2.78 bits per heavy atom. The fourth-order valence-corrected chi connectivity index (χ4v) is 2.82. The smallest absolute Gasteiger partial charge is 0.316 e. The van der Waals surface area contributed by atoms with Crippen LogP contribution in [0.2, 0.25) is 5.02 Å². The lowest BCUT2D eigenvalue weighted by Crippen LogP contribution is -2.30. The maximum atomic E-state index is 12.0. The van der Waals surface area contributed by atoms with Crippen LogP contribution in [0.5, 0.6) is 0 Å². The van der Waals surface area contributed by atoms with Crippen molar-refractivity contribution in [2.75, 3.05) is 11.4 Å². The lowest BCUT2D eigenvalue weighted by Gasteiger charge is -2.19. The number of hydrogen-bond donors (Lipinski definition) is 1. The molecule has 6 heteroatoms. The lowest BCUT2D eigenvalue weighted by atomic mass is 10.1. The summed E-state index contributed by atoms with van der Waals surface area (Å²) in [4.78, 5) is 24.4. The molecule has 0 aliphatic carbocycles. The summed E-state index contributed by atoms with van der Waals surface area (Å²) >= 11 is 9.41. The van der Waals surface area contributed by atoms with Crippen molar-refractivity contribution in [3.8, 4) is 0 Å². The van der Waals surface area contributed by atoms with E-state index in [-0.39, 0.29) is 5.91 Å². The van der Waals surface area contributed by atoms with E-state index in [1.807, 2.05) is 13.0 Å². The molecule has 1 amide bonds. The number of carboxylic acid groups (broad SMARTS) is 1. The number of hydrogen-bond acceptors (Lipinski definition) is 2. The summed E-state index contributed by atoms with van der Waals surface area (Å²) in [6.07, 6.45) is 0.325. The van der Waals surface area contributed by atoms with Crippen molar-refractivity contribution in [3.63, 3.8) is 0 Å². The zero-order valence-electron chi connectivity index (χ0n) is 9.61. The average Bonchev–Trinajstić information content (AvgIpc) is 2.66. The second-order valence-electron chi connectivity index (χ2n) is 4.22. The highest BCUT2D eigenvalue weighted by molar-refractivity contribution is 9.10. The van der Waals surface area contributed by atoms with Gasteiger partial charge < -0.3 is 10.0 Å². The maximum absolute atomic E-state index is 12.0. The van der Waals surface area contributed by atoms with Gasteiger partial charge in [-0.15, -0.1) is 0 Å². The van der Waals surface area contributed by atoms with E-state index in [0.29, 0.717) is 23.7 Å². The first-order valence-electron chi connectivity index (χ1n) is 5.41. The van der Waals surface area contributed by atoms with Crippen LogP contribution in [-0.2, 0) is 9.59 Å². The highest BCUT2D eigenvalue weighted by Crippen LogP contribution is 2.35. The minimum absolute atomic E-state index is 0.325. The Hall–Kier alpha value is -1.07. The highest BCUT2D eigenvalue weighted by Gasteiger charge is 2.38. The van der Waals surface area contributed by atoms with Crippen LogP contribution in [0, 0.1) is 12.8 Å². The minimum atomic E-state index is -1.07. The van der Waals surface area contributed by atoms with Gasteiger partial charge in [-0.1, -0.05) is 11.6 Å². The van der Waals surface area contributed by atoms with Crippen LogP contribution in [0.1, 0.15) is 12.0 Å². The zero-order valence-corrected chi connectivity index (χ0v) is 12.0. The average molecular weight is 333 g/mol. The van der Waals surface area contributed by atoms with Crippen LogP contribution < -0.4 is 4.90 Å². The first-order chi connectivity index (χ1) is 8.41. The number of carbonyl (C=O) groups excluding carboxylic acids is 1. The van der Waals surface area contributed by atoms with Gasteiger partial charge in [-0.25, -0.2) is 0 Å². The number of halogens is 2. The third-order valence-electron chi connectivity index (χ3n) is 3.02. The molecule has 1 aliphatic rings. The normalized spacial score (nSPS) is 19.4. The van der Waals surface area contributed by atoms with Gasteiger partial charge in [0, 0.05) is 16.0 Å². The van der Waals surface area contributed by atoms with Crippen molar-refractivity contribution >= 4 is 45.1 Å². The topological polar surface area (TPSA) is 57.6 Å². The molecule has 0 bridgehead atoms. The summed E-state index contributed by atoms with van der Waals surface area (Å²) in [6, 6.07) is 3.50. The Balaban J connectivity index is 2.37. The molecule has 1 aliphatic heterocycles. The fraction of sp³-hybridized carbons (Fsp3) is 0.333. The molecule has 1 aromatic carbocycles. The summed E-state index contributed by atoms with van der Waals surface area (Å²) in [6.45, 7) is 2.26. The van der Waals surface area contributed by atoms with Gasteiger partial charge in [-0.2, -0.15) is 0 Å². The van der Waals surface area contributed by atoms with Crippen LogP contribution in [0.15, 0.2) is 16.6 Å². The summed E-state index contributed by atoms with van der Waals surface area (Å²) in [5, 5.41) is 9.49. The molecule has 0 radical (unpaired) electrons. The van der Waals surface area contributed by atoms with Crippen molar-refractivity contribution < 1.29 is 14.7 Å². The van der Waals surface area contributed by atoms with Crippen LogP contribution in [0.25, 0.3) is 0 Å². The van der Waals surface area contributed by atoms with Gasteiger partial charge in [-0.3, -0.25) is 9.59 Å². The number of amides is 1. The molecule has 1 atom stereocenters. The van der Waals surface area contributed by atoms with Gasteiger partial charge in [0.1, 0.15) is 5.92 Å². The lowest BCUT2D eigenvalue weighted by molar-refractivity contribution is -0.144. The molecule has 2 rings (SSSR count). The third-order valence-corrected chi connectivity index (χ3v) is 4.06. The van der Waals surface area contributed by atoms with E-state index in [9.17, 15) is 9.59 Å². The van der Waals surface area contributed by atoms with Gasteiger partial charge in [0.25, 0.3) is 0 Å². The predicted octanol–water partition coefficient (Wildman–Crippen LogP) is 2.85. The van der Waals surface area contributed by atoms with Crippen LogP contribution in [0.4, 0.5) is 5.69 Å². The van der Waals surface area contributed by atoms with Gasteiger partial charge in [0.2, 0.25) is 5.91 Å².